The van der Waals surface area contributed by atoms with Crippen molar-refractivity contribution >= 4 is 12.1 Å². The number of hydrogen-bond donors (Lipinski definition) is 0. The van der Waals surface area contributed by atoms with Crippen LogP contribution in [0.3, 0.4) is 0 Å². The zero-order valence-corrected chi connectivity index (χ0v) is 13.1. The van der Waals surface area contributed by atoms with Gasteiger partial charge in [0.05, 0.1) is 0 Å². The maximum atomic E-state index is 13.1. The Morgan fingerprint density at radius 2 is 1.68 bits per heavy atom. The monoisotopic (exact) mass is 332 g/mol. The molecule has 5 heteroatoms. The topological polar surface area (TPSA) is 43.6 Å². The van der Waals surface area contributed by atoms with Gasteiger partial charge in [0.2, 0.25) is 5.88 Å². The van der Waals surface area contributed by atoms with E-state index in [1.807, 2.05) is 53.1 Å². The molecule has 0 fully saturated rings. The molecule has 0 amide bonds. The maximum absolute atomic E-state index is 13.1. The van der Waals surface area contributed by atoms with Crippen LogP contribution in [0.2, 0.25) is 0 Å². The van der Waals surface area contributed by atoms with Gasteiger partial charge in [-0.2, -0.15) is 4.98 Å². The number of aromatic nitrogens is 2. The van der Waals surface area contributed by atoms with Gasteiger partial charge in [0.15, 0.2) is 0 Å². The fourth-order valence-electron chi connectivity index (χ4n) is 2.83. The quantitative estimate of drug-likeness (QED) is 0.522. The summed E-state index contributed by atoms with van der Waals surface area (Å²) < 4.78 is 20.1. The predicted octanol–water partition coefficient (Wildman–Crippen LogP) is 4.34. The minimum absolute atomic E-state index is 0.248. The molecule has 0 unspecified atom stereocenters. The fourth-order valence-corrected chi connectivity index (χ4v) is 2.83. The third-order valence-electron chi connectivity index (χ3n) is 3.98. The molecule has 0 atom stereocenters. The zero-order chi connectivity index (χ0) is 17.2. The molecule has 2 aromatic heterocycles. The second kappa shape index (κ2) is 6.20. The summed E-state index contributed by atoms with van der Waals surface area (Å²) in [6, 6.07) is 19.6. The summed E-state index contributed by atoms with van der Waals surface area (Å²) in [5.74, 6) is -0.0314. The van der Waals surface area contributed by atoms with Gasteiger partial charge in [-0.1, -0.05) is 42.5 Å². The first-order valence-electron chi connectivity index (χ1n) is 7.70. The number of ether oxygens (including phenoxy) is 1. The number of rotatable bonds is 4. The number of carbonyl (C=O) groups excluding carboxylic acids is 1. The van der Waals surface area contributed by atoms with Crippen LogP contribution in [0.25, 0.3) is 28.0 Å². The van der Waals surface area contributed by atoms with Crippen molar-refractivity contribution in [2.24, 2.45) is 0 Å². The SMILES string of the molecule is O=COc1nc2cc(-c3ccc(F)cc3)ccn2c1-c1ccccc1. The molecular formula is C20H13FN2O2. The van der Waals surface area contributed by atoms with Gasteiger partial charge in [-0.3, -0.25) is 9.20 Å². The maximum Gasteiger partial charge on any atom is 0.299 e. The van der Waals surface area contributed by atoms with Crippen LogP contribution in [0.1, 0.15) is 0 Å². The van der Waals surface area contributed by atoms with E-state index in [1.54, 1.807) is 12.1 Å². The summed E-state index contributed by atoms with van der Waals surface area (Å²) >= 11 is 0. The van der Waals surface area contributed by atoms with E-state index in [-0.39, 0.29) is 11.7 Å². The summed E-state index contributed by atoms with van der Waals surface area (Å²) in [4.78, 5) is 15.3. The smallest absolute Gasteiger partial charge is 0.299 e. The highest BCUT2D eigenvalue weighted by atomic mass is 19.1. The molecule has 2 heterocycles. The summed E-state index contributed by atoms with van der Waals surface area (Å²) in [6.07, 6.45) is 1.86. The Hall–Kier alpha value is -3.47. The van der Waals surface area contributed by atoms with Crippen LogP contribution in [-0.4, -0.2) is 15.9 Å². The Kier molecular flexibility index (Phi) is 3.74. The average Bonchev–Trinajstić information content (AvgIpc) is 3.00. The molecule has 0 aliphatic rings. The molecule has 0 spiro atoms. The summed E-state index contributed by atoms with van der Waals surface area (Å²) in [6.45, 7) is 0.370. The van der Waals surface area contributed by atoms with Crippen molar-refractivity contribution in [3.8, 4) is 28.3 Å². The lowest BCUT2D eigenvalue weighted by atomic mass is 10.1. The number of hydrogen-bond acceptors (Lipinski definition) is 3. The number of nitrogens with zero attached hydrogens (tertiary/aromatic N) is 2. The van der Waals surface area contributed by atoms with Crippen molar-refractivity contribution in [3.05, 3.63) is 78.7 Å². The van der Waals surface area contributed by atoms with Crippen molar-refractivity contribution in [1.82, 2.24) is 9.38 Å². The number of pyridine rings is 1. The number of benzene rings is 2. The lowest BCUT2D eigenvalue weighted by molar-refractivity contribution is -0.120. The normalized spacial score (nSPS) is 10.8. The van der Waals surface area contributed by atoms with Crippen molar-refractivity contribution in [1.29, 1.82) is 0 Å². The van der Waals surface area contributed by atoms with Crippen LogP contribution >= 0.6 is 0 Å². The highest BCUT2D eigenvalue weighted by molar-refractivity contribution is 5.75. The van der Waals surface area contributed by atoms with Crippen molar-refractivity contribution in [2.75, 3.05) is 0 Å². The van der Waals surface area contributed by atoms with E-state index < -0.39 is 0 Å². The average molecular weight is 332 g/mol. The Labute approximate surface area is 143 Å². The van der Waals surface area contributed by atoms with Gasteiger partial charge in [0.1, 0.15) is 17.2 Å². The van der Waals surface area contributed by atoms with Crippen LogP contribution in [-0.2, 0) is 4.79 Å². The second-order valence-electron chi connectivity index (χ2n) is 5.50. The third-order valence-corrected chi connectivity index (χ3v) is 3.98. The van der Waals surface area contributed by atoms with E-state index in [0.29, 0.717) is 17.8 Å². The summed E-state index contributed by atoms with van der Waals surface area (Å²) in [7, 11) is 0. The van der Waals surface area contributed by atoms with Gasteiger partial charge in [0, 0.05) is 11.8 Å². The Morgan fingerprint density at radius 1 is 0.920 bits per heavy atom. The lowest BCUT2D eigenvalue weighted by Crippen LogP contribution is -1.93. The highest BCUT2D eigenvalue weighted by Gasteiger charge is 2.16. The van der Waals surface area contributed by atoms with Gasteiger partial charge in [-0.05, 0) is 35.4 Å². The molecule has 0 N–H and O–H groups in total. The van der Waals surface area contributed by atoms with Crippen molar-refractivity contribution in [3.63, 3.8) is 0 Å². The molecule has 0 aliphatic carbocycles. The first-order chi connectivity index (χ1) is 12.3. The standard InChI is InChI=1S/C20H13FN2O2/c21-17-8-6-14(7-9-17)16-10-11-23-18(12-16)22-20(25-13-24)19(23)15-4-2-1-3-5-15/h1-13H. The van der Waals surface area contributed by atoms with Crippen LogP contribution in [0.4, 0.5) is 4.39 Å². The first kappa shape index (κ1) is 15.1. The fraction of sp³-hybridized carbons (Fsp3) is 0. The Balaban J connectivity index is 1.89. The summed E-state index contributed by atoms with van der Waals surface area (Å²) in [5, 5.41) is 0. The van der Waals surface area contributed by atoms with Crippen molar-refractivity contribution < 1.29 is 13.9 Å². The minimum atomic E-state index is -0.279. The number of halogens is 1. The molecule has 0 saturated heterocycles. The van der Waals surface area contributed by atoms with Gasteiger partial charge in [-0.25, -0.2) is 4.39 Å². The molecule has 122 valence electrons. The molecule has 2 aromatic carbocycles. The second-order valence-corrected chi connectivity index (χ2v) is 5.50. The molecule has 0 radical (unpaired) electrons. The van der Waals surface area contributed by atoms with Crippen LogP contribution in [0, 0.1) is 5.82 Å². The molecule has 4 rings (SSSR count). The molecule has 4 aromatic rings. The van der Waals surface area contributed by atoms with E-state index in [2.05, 4.69) is 4.98 Å². The number of carbonyl (C=O) groups is 1. The van der Waals surface area contributed by atoms with Gasteiger partial charge >= 0.3 is 0 Å². The number of fused-ring (bicyclic) bond motifs is 1. The molecule has 4 nitrogen and oxygen atoms in total. The minimum Gasteiger partial charge on any atom is -0.407 e. The zero-order valence-electron chi connectivity index (χ0n) is 13.1. The third kappa shape index (κ3) is 2.76. The predicted molar refractivity (Wildman–Crippen MR) is 92.7 cm³/mol. The molecule has 0 bridgehead atoms. The molecule has 0 saturated carbocycles. The van der Waals surface area contributed by atoms with E-state index >= 15 is 0 Å². The first-order valence-corrected chi connectivity index (χ1v) is 7.70. The van der Waals surface area contributed by atoms with E-state index in [4.69, 9.17) is 4.74 Å². The summed E-state index contributed by atoms with van der Waals surface area (Å²) in [5.41, 5.74) is 4.01. The van der Waals surface area contributed by atoms with E-state index in [0.717, 1.165) is 16.7 Å². The molecule has 0 aliphatic heterocycles. The van der Waals surface area contributed by atoms with Crippen LogP contribution in [0.5, 0.6) is 5.88 Å². The van der Waals surface area contributed by atoms with E-state index in [1.165, 1.54) is 12.1 Å². The van der Waals surface area contributed by atoms with Crippen LogP contribution in [0.15, 0.2) is 72.9 Å². The Morgan fingerprint density at radius 3 is 2.40 bits per heavy atom. The largest absolute Gasteiger partial charge is 0.407 e. The van der Waals surface area contributed by atoms with E-state index in [9.17, 15) is 9.18 Å². The van der Waals surface area contributed by atoms with Crippen molar-refractivity contribution in [2.45, 2.75) is 0 Å². The lowest BCUT2D eigenvalue weighted by Gasteiger charge is -2.05. The van der Waals surface area contributed by atoms with Gasteiger partial charge in [0.25, 0.3) is 6.47 Å². The van der Waals surface area contributed by atoms with Gasteiger partial charge < -0.3 is 4.74 Å². The highest BCUT2D eigenvalue weighted by Crippen LogP contribution is 2.32. The Bertz CT molecular complexity index is 1040. The molecular weight excluding hydrogens is 319 g/mol. The molecule has 25 heavy (non-hydrogen) atoms. The van der Waals surface area contributed by atoms with Crippen LogP contribution < -0.4 is 4.74 Å². The number of imidazole rings is 1. The van der Waals surface area contributed by atoms with Gasteiger partial charge in [-0.15, -0.1) is 0 Å².